The Kier molecular flexibility index (Phi) is 5.43. The largest absolute Gasteiger partial charge is 0.506 e. The predicted octanol–water partition coefficient (Wildman–Crippen LogP) is 2.95. The average Bonchev–Trinajstić information content (AvgIpc) is 2.28. The van der Waals surface area contributed by atoms with Gasteiger partial charge in [0.05, 0.1) is 16.6 Å². The van der Waals surface area contributed by atoms with Crippen LogP contribution in [0.25, 0.3) is 0 Å². The van der Waals surface area contributed by atoms with Crippen molar-refractivity contribution in [2.24, 2.45) is 11.7 Å². The van der Waals surface area contributed by atoms with Crippen molar-refractivity contribution in [2.75, 3.05) is 0 Å². The number of phenolic OH excluding ortho intramolecular Hbond substituents is 1. The van der Waals surface area contributed by atoms with E-state index >= 15 is 0 Å². The molecule has 0 bridgehead atoms. The summed E-state index contributed by atoms with van der Waals surface area (Å²) in [6.07, 6.45) is 0.937. The molecule has 4 N–H and O–H groups in total. The first-order chi connectivity index (χ1) is 7.93. The summed E-state index contributed by atoms with van der Waals surface area (Å²) in [5.41, 5.74) is 6.54. The highest BCUT2D eigenvalue weighted by Gasteiger charge is 2.20. The van der Waals surface area contributed by atoms with Crippen LogP contribution < -0.4 is 5.73 Å². The molecule has 0 radical (unpaired) electrons. The number of halogens is 1. The zero-order valence-corrected chi connectivity index (χ0v) is 11.8. The number of aliphatic hydroxyl groups is 1. The molecule has 0 aliphatic rings. The van der Waals surface area contributed by atoms with Crippen LogP contribution in [0.15, 0.2) is 22.7 Å². The number of hydrogen-bond donors (Lipinski definition) is 3. The maximum atomic E-state index is 9.98. The number of benzene rings is 1. The second-order valence-corrected chi connectivity index (χ2v) is 5.60. The van der Waals surface area contributed by atoms with Gasteiger partial charge in [0.25, 0.3) is 0 Å². The van der Waals surface area contributed by atoms with Gasteiger partial charge in [0.1, 0.15) is 5.75 Å². The fourth-order valence-corrected chi connectivity index (χ4v) is 2.07. The number of aliphatic hydroxyl groups excluding tert-OH is 1. The fraction of sp³-hybridized carbons (Fsp3) is 0.538. The minimum atomic E-state index is -0.627. The molecule has 0 amide bonds. The van der Waals surface area contributed by atoms with E-state index in [1.807, 2.05) is 0 Å². The summed E-state index contributed by atoms with van der Waals surface area (Å²) < 4.78 is 0.599. The second kappa shape index (κ2) is 6.38. The van der Waals surface area contributed by atoms with Crippen LogP contribution in [0, 0.1) is 5.92 Å². The molecule has 3 nitrogen and oxygen atoms in total. The molecule has 0 heterocycles. The van der Waals surface area contributed by atoms with E-state index in [-0.39, 0.29) is 5.75 Å². The molecule has 1 aromatic rings. The van der Waals surface area contributed by atoms with E-state index in [0.717, 1.165) is 6.42 Å². The van der Waals surface area contributed by atoms with Gasteiger partial charge in [0.2, 0.25) is 0 Å². The Labute approximate surface area is 111 Å². The molecule has 0 saturated carbocycles. The van der Waals surface area contributed by atoms with Gasteiger partial charge >= 0.3 is 0 Å². The summed E-state index contributed by atoms with van der Waals surface area (Å²) in [5, 5.41) is 19.8. The number of para-hydroxylation sites is 1. The number of hydrogen-bond acceptors (Lipinski definition) is 3. The Balaban J connectivity index is 2.74. The number of phenols is 1. The van der Waals surface area contributed by atoms with Crippen LogP contribution in [0.2, 0.25) is 0 Å². The van der Waals surface area contributed by atoms with E-state index < -0.39 is 12.1 Å². The normalized spacial score (nSPS) is 14.9. The van der Waals surface area contributed by atoms with Crippen molar-refractivity contribution < 1.29 is 10.2 Å². The van der Waals surface area contributed by atoms with Crippen molar-refractivity contribution >= 4 is 15.9 Å². The Bertz CT molecular complexity index is 368. The van der Waals surface area contributed by atoms with Gasteiger partial charge in [0.15, 0.2) is 0 Å². The van der Waals surface area contributed by atoms with E-state index in [9.17, 15) is 10.2 Å². The molecule has 0 aliphatic carbocycles. The van der Waals surface area contributed by atoms with Crippen molar-refractivity contribution in [3.63, 3.8) is 0 Å². The zero-order chi connectivity index (χ0) is 13.0. The molecule has 0 fully saturated rings. The Morgan fingerprint density at radius 2 is 1.94 bits per heavy atom. The monoisotopic (exact) mass is 301 g/mol. The van der Waals surface area contributed by atoms with E-state index in [4.69, 9.17) is 5.73 Å². The van der Waals surface area contributed by atoms with E-state index in [2.05, 4.69) is 29.8 Å². The molecule has 1 rings (SSSR count). The van der Waals surface area contributed by atoms with Crippen molar-refractivity contribution in [1.29, 1.82) is 0 Å². The minimum Gasteiger partial charge on any atom is -0.506 e. The van der Waals surface area contributed by atoms with Crippen LogP contribution in [0.1, 0.15) is 38.3 Å². The van der Waals surface area contributed by atoms with Gasteiger partial charge < -0.3 is 15.9 Å². The van der Waals surface area contributed by atoms with Gasteiger partial charge in [-0.3, -0.25) is 0 Å². The molecule has 0 unspecified atom stereocenters. The summed E-state index contributed by atoms with van der Waals surface area (Å²) in [7, 11) is 0. The predicted molar refractivity (Wildman–Crippen MR) is 72.8 cm³/mol. The molecule has 2 atom stereocenters. The average molecular weight is 302 g/mol. The quantitative estimate of drug-likeness (QED) is 0.783. The van der Waals surface area contributed by atoms with Crippen LogP contribution in [0.5, 0.6) is 5.75 Å². The highest BCUT2D eigenvalue weighted by atomic mass is 79.9. The number of aromatic hydroxyl groups is 1. The summed E-state index contributed by atoms with van der Waals surface area (Å²) >= 11 is 3.24. The second-order valence-electron chi connectivity index (χ2n) is 4.74. The summed E-state index contributed by atoms with van der Waals surface area (Å²) in [6, 6.07) is 4.73. The van der Waals surface area contributed by atoms with Crippen molar-refractivity contribution in [2.45, 2.75) is 38.8 Å². The van der Waals surface area contributed by atoms with E-state index in [0.29, 0.717) is 22.4 Å². The first-order valence-corrected chi connectivity index (χ1v) is 6.63. The van der Waals surface area contributed by atoms with Crippen molar-refractivity contribution in [3.8, 4) is 5.75 Å². The van der Waals surface area contributed by atoms with Gasteiger partial charge in [-0.05, 0) is 40.8 Å². The van der Waals surface area contributed by atoms with Gasteiger partial charge in [-0.25, -0.2) is 0 Å². The maximum Gasteiger partial charge on any atom is 0.134 e. The highest BCUT2D eigenvalue weighted by molar-refractivity contribution is 9.10. The molecule has 0 saturated heterocycles. The van der Waals surface area contributed by atoms with Gasteiger partial charge in [-0.1, -0.05) is 26.0 Å². The molecule has 0 aliphatic heterocycles. The van der Waals surface area contributed by atoms with Gasteiger partial charge in [0, 0.05) is 5.56 Å². The lowest BCUT2D eigenvalue weighted by Gasteiger charge is -2.21. The van der Waals surface area contributed by atoms with Crippen LogP contribution in [-0.4, -0.2) is 16.3 Å². The Morgan fingerprint density at radius 1 is 1.29 bits per heavy atom. The Hall–Kier alpha value is -0.580. The first-order valence-electron chi connectivity index (χ1n) is 5.84. The number of rotatable bonds is 5. The Morgan fingerprint density at radius 3 is 2.53 bits per heavy atom. The standard InChI is InChI=1S/C13H20BrNO2/c1-8(2)6-7-11(16)12(15)9-4-3-5-10(14)13(9)17/h3-5,8,11-12,16-17H,6-7,15H2,1-2H3/t11-,12+/m1/s1. The lowest BCUT2D eigenvalue weighted by Crippen LogP contribution is -2.26. The third kappa shape index (κ3) is 3.98. The highest BCUT2D eigenvalue weighted by Crippen LogP contribution is 2.32. The molecular formula is C13H20BrNO2. The van der Waals surface area contributed by atoms with E-state index in [1.54, 1.807) is 18.2 Å². The molecule has 17 heavy (non-hydrogen) atoms. The molecule has 96 valence electrons. The molecule has 1 aromatic carbocycles. The third-order valence-corrected chi connectivity index (χ3v) is 3.47. The van der Waals surface area contributed by atoms with Crippen LogP contribution in [0.3, 0.4) is 0 Å². The summed E-state index contributed by atoms with van der Waals surface area (Å²) in [5.74, 6) is 0.650. The third-order valence-electron chi connectivity index (χ3n) is 2.83. The smallest absolute Gasteiger partial charge is 0.134 e. The molecule has 4 heteroatoms. The van der Waals surface area contributed by atoms with Crippen LogP contribution >= 0.6 is 15.9 Å². The summed E-state index contributed by atoms with van der Waals surface area (Å²) in [4.78, 5) is 0. The van der Waals surface area contributed by atoms with Crippen molar-refractivity contribution in [1.82, 2.24) is 0 Å². The van der Waals surface area contributed by atoms with Crippen molar-refractivity contribution in [3.05, 3.63) is 28.2 Å². The van der Waals surface area contributed by atoms with Gasteiger partial charge in [-0.15, -0.1) is 0 Å². The lowest BCUT2D eigenvalue weighted by molar-refractivity contribution is 0.127. The van der Waals surface area contributed by atoms with Gasteiger partial charge in [-0.2, -0.15) is 0 Å². The SMILES string of the molecule is CC(C)CC[C@@H](O)[C@@H](N)c1cccc(Br)c1O. The maximum absolute atomic E-state index is 9.98. The first kappa shape index (κ1) is 14.5. The van der Waals surface area contributed by atoms with Crippen LogP contribution in [-0.2, 0) is 0 Å². The molecule has 0 spiro atoms. The number of nitrogens with two attached hydrogens (primary N) is 1. The topological polar surface area (TPSA) is 66.5 Å². The minimum absolute atomic E-state index is 0.114. The lowest BCUT2D eigenvalue weighted by atomic mass is 9.95. The van der Waals surface area contributed by atoms with E-state index in [1.165, 1.54) is 0 Å². The summed E-state index contributed by atoms with van der Waals surface area (Å²) in [6.45, 7) is 4.21. The molecule has 0 aromatic heterocycles. The zero-order valence-electron chi connectivity index (χ0n) is 10.2. The van der Waals surface area contributed by atoms with Crippen LogP contribution in [0.4, 0.5) is 0 Å². The fourth-order valence-electron chi connectivity index (χ4n) is 1.69. The molecular weight excluding hydrogens is 282 g/mol.